The van der Waals surface area contributed by atoms with Crippen LogP contribution in [0.5, 0.6) is 5.75 Å². The maximum absolute atomic E-state index is 13.1. The Kier molecular flexibility index (Phi) is 6.99. The number of nitrogens with zero attached hydrogens (tertiary/aromatic N) is 3. The number of hydrogen-bond donors (Lipinski definition) is 1. The number of hydrogen-bond acceptors (Lipinski definition) is 7. The number of benzene rings is 2. The quantitative estimate of drug-likeness (QED) is 0.513. The van der Waals surface area contributed by atoms with Gasteiger partial charge >= 0.3 is 0 Å². The van der Waals surface area contributed by atoms with Crippen LogP contribution in [0.15, 0.2) is 51.9 Å². The van der Waals surface area contributed by atoms with E-state index in [1.165, 1.54) is 0 Å². The molecule has 1 saturated heterocycles. The van der Waals surface area contributed by atoms with Gasteiger partial charge in [0.15, 0.2) is 0 Å². The number of aryl methyl sites for hydroxylation is 1. The summed E-state index contributed by atoms with van der Waals surface area (Å²) in [7, 11) is -3.56. The average Bonchev–Trinajstić information content (AvgIpc) is 3.28. The second-order valence-corrected chi connectivity index (χ2v) is 10.5. The third-order valence-electron chi connectivity index (χ3n) is 5.47. The second kappa shape index (κ2) is 9.93. The van der Waals surface area contributed by atoms with E-state index in [4.69, 9.17) is 9.26 Å². The summed E-state index contributed by atoms with van der Waals surface area (Å²) in [5.74, 6) is 1.47. The molecule has 8 nitrogen and oxygen atoms in total. The highest BCUT2D eigenvalue weighted by atomic mass is 32.2. The van der Waals surface area contributed by atoms with Crippen molar-refractivity contribution < 1.29 is 17.7 Å². The lowest BCUT2D eigenvalue weighted by atomic mass is 10.1. The summed E-state index contributed by atoms with van der Waals surface area (Å²) in [5.41, 5.74) is 2.59. The molecular formula is C24H30N4O4S. The minimum Gasteiger partial charge on any atom is -0.489 e. The van der Waals surface area contributed by atoms with Crippen LogP contribution in [0.1, 0.15) is 44.6 Å². The zero-order chi connectivity index (χ0) is 23.4. The van der Waals surface area contributed by atoms with Crippen LogP contribution in [0, 0.1) is 6.92 Å². The molecule has 0 aliphatic carbocycles. The van der Waals surface area contributed by atoms with Gasteiger partial charge in [0, 0.05) is 18.7 Å². The van der Waals surface area contributed by atoms with Crippen molar-refractivity contribution in [3.8, 4) is 17.1 Å². The van der Waals surface area contributed by atoms with Gasteiger partial charge in [-0.25, -0.2) is 8.42 Å². The first-order chi connectivity index (χ1) is 15.8. The van der Waals surface area contributed by atoms with Crippen molar-refractivity contribution in [2.45, 2.75) is 57.6 Å². The van der Waals surface area contributed by atoms with Gasteiger partial charge < -0.3 is 14.6 Å². The Morgan fingerprint density at radius 2 is 1.82 bits per heavy atom. The lowest BCUT2D eigenvalue weighted by molar-refractivity contribution is 0.243. The Labute approximate surface area is 195 Å². The van der Waals surface area contributed by atoms with Crippen LogP contribution >= 0.6 is 0 Å². The molecule has 9 heteroatoms. The first-order valence-corrected chi connectivity index (χ1v) is 12.7. The molecule has 4 rings (SSSR count). The molecule has 1 N–H and O–H groups in total. The van der Waals surface area contributed by atoms with Gasteiger partial charge in [-0.2, -0.15) is 9.29 Å². The van der Waals surface area contributed by atoms with Crippen LogP contribution < -0.4 is 10.1 Å². The van der Waals surface area contributed by atoms with E-state index >= 15 is 0 Å². The van der Waals surface area contributed by atoms with Gasteiger partial charge in [0.05, 0.1) is 23.2 Å². The number of nitrogens with one attached hydrogen (secondary N) is 1. The van der Waals surface area contributed by atoms with E-state index in [2.05, 4.69) is 15.5 Å². The summed E-state index contributed by atoms with van der Waals surface area (Å²) in [6.07, 6.45) is 2.78. The van der Waals surface area contributed by atoms with Gasteiger partial charge in [0.25, 0.3) is 0 Å². The molecule has 0 spiro atoms. The molecule has 1 aromatic heterocycles. The Balaban J connectivity index is 1.55. The van der Waals surface area contributed by atoms with Crippen molar-refractivity contribution in [2.75, 3.05) is 18.4 Å². The third kappa shape index (κ3) is 5.54. The van der Waals surface area contributed by atoms with E-state index in [0.29, 0.717) is 36.2 Å². The van der Waals surface area contributed by atoms with Gasteiger partial charge in [-0.05, 0) is 51.8 Å². The SMILES string of the molecule is Cc1ccc(-c2noc(CNc3cc(S(=O)(=O)N4CCCCC4)ccc3OC(C)C)n2)cc1. The van der Waals surface area contributed by atoms with Crippen LogP contribution in [0.4, 0.5) is 5.69 Å². The molecule has 1 fully saturated rings. The molecule has 0 saturated carbocycles. The molecule has 1 aliphatic heterocycles. The Morgan fingerprint density at radius 1 is 1.09 bits per heavy atom. The highest BCUT2D eigenvalue weighted by molar-refractivity contribution is 7.89. The summed E-state index contributed by atoms with van der Waals surface area (Å²) in [6.45, 7) is 7.21. The Morgan fingerprint density at radius 3 is 2.52 bits per heavy atom. The van der Waals surface area contributed by atoms with Crippen molar-refractivity contribution in [2.24, 2.45) is 0 Å². The number of piperidine rings is 1. The van der Waals surface area contributed by atoms with Gasteiger partial charge in [0.1, 0.15) is 5.75 Å². The smallest absolute Gasteiger partial charge is 0.246 e. The van der Waals surface area contributed by atoms with E-state index in [-0.39, 0.29) is 17.5 Å². The van der Waals surface area contributed by atoms with Crippen LogP contribution in [0.2, 0.25) is 0 Å². The topological polar surface area (TPSA) is 97.6 Å². The standard InChI is InChI=1S/C24H30N4O4S/c1-17(2)31-22-12-11-20(33(29,30)28-13-5-4-6-14-28)15-21(22)25-16-23-26-24(27-32-23)19-9-7-18(3)8-10-19/h7-12,15,17,25H,4-6,13-14,16H2,1-3H3. The van der Waals surface area contributed by atoms with E-state index in [1.54, 1.807) is 22.5 Å². The normalized spacial score (nSPS) is 15.0. The molecule has 0 atom stereocenters. The largest absolute Gasteiger partial charge is 0.489 e. The van der Waals surface area contributed by atoms with E-state index < -0.39 is 10.0 Å². The summed E-state index contributed by atoms with van der Waals surface area (Å²) in [5, 5.41) is 7.28. The number of anilines is 1. The average molecular weight is 471 g/mol. The first-order valence-electron chi connectivity index (χ1n) is 11.3. The summed E-state index contributed by atoms with van der Waals surface area (Å²) in [4.78, 5) is 4.70. The zero-order valence-electron chi connectivity index (χ0n) is 19.2. The summed E-state index contributed by atoms with van der Waals surface area (Å²) >= 11 is 0. The number of ether oxygens (including phenoxy) is 1. The lowest BCUT2D eigenvalue weighted by Crippen LogP contribution is -2.35. The highest BCUT2D eigenvalue weighted by Crippen LogP contribution is 2.31. The molecule has 33 heavy (non-hydrogen) atoms. The van der Waals surface area contributed by atoms with Crippen molar-refractivity contribution in [3.63, 3.8) is 0 Å². The molecule has 176 valence electrons. The van der Waals surface area contributed by atoms with Crippen LogP contribution in [0.25, 0.3) is 11.4 Å². The monoisotopic (exact) mass is 470 g/mol. The lowest BCUT2D eigenvalue weighted by Gasteiger charge is -2.26. The molecule has 0 unspecified atom stereocenters. The summed E-state index contributed by atoms with van der Waals surface area (Å²) in [6, 6.07) is 12.8. The molecular weight excluding hydrogens is 440 g/mol. The van der Waals surface area contributed by atoms with Crippen LogP contribution in [-0.4, -0.2) is 42.1 Å². The molecule has 1 aliphatic rings. The minimum atomic E-state index is -3.56. The Hall–Kier alpha value is -2.91. The van der Waals surface area contributed by atoms with Crippen LogP contribution in [-0.2, 0) is 16.6 Å². The van der Waals surface area contributed by atoms with Gasteiger partial charge in [-0.15, -0.1) is 0 Å². The van der Waals surface area contributed by atoms with Crippen molar-refractivity contribution in [1.29, 1.82) is 0 Å². The molecule has 0 amide bonds. The molecule has 0 radical (unpaired) electrons. The summed E-state index contributed by atoms with van der Waals surface area (Å²) < 4.78 is 39.1. The second-order valence-electron chi connectivity index (χ2n) is 8.52. The molecule has 2 aromatic carbocycles. The predicted molar refractivity (Wildman–Crippen MR) is 127 cm³/mol. The fourth-order valence-electron chi connectivity index (χ4n) is 3.74. The number of rotatable bonds is 8. The minimum absolute atomic E-state index is 0.0633. The van der Waals surface area contributed by atoms with Gasteiger partial charge in [-0.1, -0.05) is 41.4 Å². The zero-order valence-corrected chi connectivity index (χ0v) is 20.1. The fourth-order valence-corrected chi connectivity index (χ4v) is 5.28. The van der Waals surface area contributed by atoms with E-state index in [1.807, 2.05) is 45.0 Å². The highest BCUT2D eigenvalue weighted by Gasteiger charge is 2.27. The molecule has 0 bridgehead atoms. The molecule has 2 heterocycles. The van der Waals surface area contributed by atoms with Crippen molar-refractivity contribution in [1.82, 2.24) is 14.4 Å². The third-order valence-corrected chi connectivity index (χ3v) is 7.37. The maximum Gasteiger partial charge on any atom is 0.246 e. The Bertz CT molecular complexity index is 1180. The maximum atomic E-state index is 13.1. The van der Waals surface area contributed by atoms with E-state index in [0.717, 1.165) is 30.4 Å². The van der Waals surface area contributed by atoms with Gasteiger partial charge in [0.2, 0.25) is 21.7 Å². The first kappa shape index (κ1) is 23.3. The van der Waals surface area contributed by atoms with E-state index in [9.17, 15) is 8.42 Å². The molecule has 3 aromatic rings. The van der Waals surface area contributed by atoms with Crippen molar-refractivity contribution in [3.05, 3.63) is 53.9 Å². The van der Waals surface area contributed by atoms with Crippen molar-refractivity contribution >= 4 is 15.7 Å². The number of sulfonamides is 1. The van der Waals surface area contributed by atoms with Gasteiger partial charge in [-0.3, -0.25) is 0 Å². The van der Waals surface area contributed by atoms with Crippen LogP contribution in [0.3, 0.4) is 0 Å². The number of aromatic nitrogens is 2. The fraction of sp³-hybridized carbons (Fsp3) is 0.417. The predicted octanol–water partition coefficient (Wildman–Crippen LogP) is 4.62.